The summed E-state index contributed by atoms with van der Waals surface area (Å²) in [5.74, 6) is -0.614. The molecule has 37 heavy (non-hydrogen) atoms. The standard InChI is InChI=1S/C27H26ClN3O5S/c1-3-4-10-22-24(30(2)19-8-6-5-7-9-19)25(33)26(27(34)29-22)37(35,36)21-14-12-20(13-15-21)31-17-18(28)11-16-23(31)32/h5-9,11-17H,3-4,10H2,1-2H3,(H2,29,33,34). The predicted molar refractivity (Wildman–Crippen MR) is 144 cm³/mol. The van der Waals surface area contributed by atoms with Crippen LogP contribution in [0.25, 0.3) is 5.69 Å². The number of para-hydroxylation sites is 1. The monoisotopic (exact) mass is 539 g/mol. The van der Waals surface area contributed by atoms with Crippen LogP contribution in [0.5, 0.6) is 5.75 Å². The van der Waals surface area contributed by atoms with E-state index in [0.717, 1.165) is 12.8 Å². The number of aromatic hydroxyl groups is 1. The number of aromatic nitrogens is 2. The fraction of sp³-hybridized carbons (Fsp3) is 0.185. The smallest absolute Gasteiger partial charge is 0.271 e. The summed E-state index contributed by atoms with van der Waals surface area (Å²) in [5, 5.41) is 11.6. The van der Waals surface area contributed by atoms with Crippen LogP contribution in [0.4, 0.5) is 11.4 Å². The zero-order chi connectivity index (χ0) is 26.7. The Bertz CT molecular complexity index is 1650. The Morgan fingerprint density at radius 1 is 1.00 bits per heavy atom. The molecule has 0 radical (unpaired) electrons. The summed E-state index contributed by atoms with van der Waals surface area (Å²) in [6, 6.07) is 17.3. The van der Waals surface area contributed by atoms with Crippen LogP contribution in [0, 0.1) is 0 Å². The van der Waals surface area contributed by atoms with Crippen molar-refractivity contribution in [1.29, 1.82) is 0 Å². The third-order valence-electron chi connectivity index (χ3n) is 6.02. The molecule has 0 aliphatic heterocycles. The van der Waals surface area contributed by atoms with Crippen molar-refractivity contribution in [3.8, 4) is 11.4 Å². The summed E-state index contributed by atoms with van der Waals surface area (Å²) in [4.78, 5) is 28.7. The Hall–Kier alpha value is -3.82. The number of benzene rings is 2. The van der Waals surface area contributed by atoms with Crippen molar-refractivity contribution in [3.05, 3.63) is 104 Å². The molecule has 8 nitrogen and oxygen atoms in total. The Labute approximate surface area is 219 Å². The number of nitrogens with one attached hydrogen (secondary N) is 1. The SMILES string of the molecule is CCCCc1[nH]c(=O)c(S(=O)(=O)c2ccc(-n3cc(Cl)ccc3=O)cc2)c(O)c1N(C)c1ccccc1. The molecule has 0 atom stereocenters. The normalized spacial score (nSPS) is 11.4. The van der Waals surface area contributed by atoms with Gasteiger partial charge in [-0.2, -0.15) is 0 Å². The molecule has 2 aromatic heterocycles. The lowest BCUT2D eigenvalue weighted by atomic mass is 10.1. The highest BCUT2D eigenvalue weighted by molar-refractivity contribution is 7.91. The fourth-order valence-corrected chi connectivity index (χ4v) is 5.64. The first kappa shape index (κ1) is 26.2. The van der Waals surface area contributed by atoms with E-state index in [1.54, 1.807) is 11.9 Å². The molecular formula is C27H26ClN3O5S. The molecule has 0 saturated heterocycles. The number of rotatable bonds is 8. The minimum absolute atomic E-state index is 0.207. The van der Waals surface area contributed by atoms with Crippen molar-refractivity contribution in [2.75, 3.05) is 11.9 Å². The molecule has 4 rings (SSSR count). The van der Waals surface area contributed by atoms with Gasteiger partial charge in [0.2, 0.25) is 9.84 Å². The molecule has 0 saturated carbocycles. The van der Waals surface area contributed by atoms with Crippen LogP contribution < -0.4 is 16.0 Å². The number of aryl methyl sites for hydroxylation is 1. The van der Waals surface area contributed by atoms with Gasteiger partial charge in [-0.25, -0.2) is 8.42 Å². The van der Waals surface area contributed by atoms with Gasteiger partial charge in [-0.3, -0.25) is 14.2 Å². The molecule has 2 heterocycles. The highest BCUT2D eigenvalue weighted by atomic mass is 35.5. The average molecular weight is 540 g/mol. The number of H-pyrrole nitrogens is 1. The first-order valence-electron chi connectivity index (χ1n) is 11.7. The molecule has 4 aromatic rings. The zero-order valence-corrected chi connectivity index (χ0v) is 21.9. The highest BCUT2D eigenvalue weighted by Crippen LogP contribution is 2.39. The third-order valence-corrected chi connectivity index (χ3v) is 8.06. The molecule has 0 amide bonds. The van der Waals surface area contributed by atoms with Gasteiger partial charge in [0.1, 0.15) is 5.69 Å². The van der Waals surface area contributed by atoms with E-state index in [2.05, 4.69) is 4.98 Å². The minimum Gasteiger partial charge on any atom is -0.504 e. The number of nitrogens with zero attached hydrogens (tertiary/aromatic N) is 2. The molecular weight excluding hydrogens is 514 g/mol. The summed E-state index contributed by atoms with van der Waals surface area (Å²) in [5.41, 5.74) is 0.533. The summed E-state index contributed by atoms with van der Waals surface area (Å²) in [7, 11) is -2.73. The van der Waals surface area contributed by atoms with Crippen LogP contribution in [0.2, 0.25) is 5.02 Å². The van der Waals surface area contributed by atoms with E-state index in [0.29, 0.717) is 28.5 Å². The maximum absolute atomic E-state index is 13.6. The molecule has 0 spiro atoms. The van der Waals surface area contributed by atoms with Gasteiger partial charge in [0.15, 0.2) is 10.6 Å². The van der Waals surface area contributed by atoms with Crippen LogP contribution in [0.1, 0.15) is 25.5 Å². The predicted octanol–water partition coefficient (Wildman–Crippen LogP) is 4.83. The first-order chi connectivity index (χ1) is 17.6. The lowest BCUT2D eigenvalue weighted by Crippen LogP contribution is -2.24. The van der Waals surface area contributed by atoms with Gasteiger partial charge in [0.05, 0.1) is 9.92 Å². The molecule has 0 fully saturated rings. The molecule has 192 valence electrons. The van der Waals surface area contributed by atoms with Gasteiger partial charge in [-0.05, 0) is 55.3 Å². The summed E-state index contributed by atoms with van der Waals surface area (Å²) in [6.07, 6.45) is 3.46. The van der Waals surface area contributed by atoms with Crippen molar-refractivity contribution in [2.45, 2.75) is 36.0 Å². The molecule has 0 aliphatic rings. The van der Waals surface area contributed by atoms with E-state index in [4.69, 9.17) is 11.6 Å². The fourth-order valence-electron chi connectivity index (χ4n) is 4.10. The highest BCUT2D eigenvalue weighted by Gasteiger charge is 2.30. The number of anilines is 2. The Balaban J connectivity index is 1.84. The topological polar surface area (TPSA) is 112 Å². The Morgan fingerprint density at radius 3 is 2.32 bits per heavy atom. The van der Waals surface area contributed by atoms with E-state index in [9.17, 15) is 23.1 Å². The Morgan fingerprint density at radius 2 is 1.68 bits per heavy atom. The molecule has 0 unspecified atom stereocenters. The second-order valence-electron chi connectivity index (χ2n) is 8.51. The summed E-state index contributed by atoms with van der Waals surface area (Å²) < 4.78 is 28.5. The van der Waals surface area contributed by atoms with E-state index in [-0.39, 0.29) is 16.1 Å². The number of aromatic amines is 1. The average Bonchev–Trinajstić information content (AvgIpc) is 2.89. The number of sulfone groups is 1. The largest absolute Gasteiger partial charge is 0.504 e. The molecule has 0 aliphatic carbocycles. The number of pyridine rings is 2. The lowest BCUT2D eigenvalue weighted by Gasteiger charge is -2.24. The maximum atomic E-state index is 13.6. The molecule has 10 heteroatoms. The zero-order valence-electron chi connectivity index (χ0n) is 20.3. The Kier molecular flexibility index (Phi) is 7.56. The van der Waals surface area contributed by atoms with E-state index in [1.165, 1.54) is 47.2 Å². The van der Waals surface area contributed by atoms with Gasteiger partial charge in [0.25, 0.3) is 11.1 Å². The van der Waals surface area contributed by atoms with Crippen LogP contribution in [-0.4, -0.2) is 30.1 Å². The maximum Gasteiger partial charge on any atom is 0.271 e. The van der Waals surface area contributed by atoms with Crippen LogP contribution in [-0.2, 0) is 16.3 Å². The van der Waals surface area contributed by atoms with Gasteiger partial charge >= 0.3 is 0 Å². The van der Waals surface area contributed by atoms with Crippen molar-refractivity contribution in [2.24, 2.45) is 0 Å². The van der Waals surface area contributed by atoms with Crippen molar-refractivity contribution < 1.29 is 13.5 Å². The number of hydrogen-bond donors (Lipinski definition) is 2. The quantitative estimate of drug-likeness (QED) is 0.332. The van der Waals surface area contributed by atoms with Gasteiger partial charge in [0, 0.05) is 36.4 Å². The minimum atomic E-state index is -4.43. The summed E-state index contributed by atoms with van der Waals surface area (Å²) in [6.45, 7) is 2.00. The number of halogens is 1. The van der Waals surface area contributed by atoms with Crippen molar-refractivity contribution in [3.63, 3.8) is 0 Å². The lowest BCUT2D eigenvalue weighted by molar-refractivity contribution is 0.455. The summed E-state index contributed by atoms with van der Waals surface area (Å²) >= 11 is 5.99. The van der Waals surface area contributed by atoms with Gasteiger partial charge in [-0.15, -0.1) is 0 Å². The molecule has 0 bridgehead atoms. The number of hydrogen-bond acceptors (Lipinski definition) is 6. The second kappa shape index (κ2) is 10.7. The van der Waals surface area contributed by atoms with Crippen molar-refractivity contribution in [1.82, 2.24) is 9.55 Å². The molecule has 2 aromatic carbocycles. The second-order valence-corrected chi connectivity index (χ2v) is 10.8. The first-order valence-corrected chi connectivity index (χ1v) is 13.5. The van der Waals surface area contributed by atoms with E-state index in [1.807, 2.05) is 37.3 Å². The van der Waals surface area contributed by atoms with Crippen LogP contribution >= 0.6 is 11.6 Å². The van der Waals surface area contributed by atoms with Crippen LogP contribution in [0.3, 0.4) is 0 Å². The van der Waals surface area contributed by atoms with Gasteiger partial charge in [-0.1, -0.05) is 43.1 Å². The van der Waals surface area contributed by atoms with Crippen LogP contribution in [0.15, 0.2) is 92.3 Å². The van der Waals surface area contributed by atoms with Crippen molar-refractivity contribution >= 4 is 32.8 Å². The molecule has 2 N–H and O–H groups in total. The number of unbranched alkanes of at least 4 members (excludes halogenated alkanes) is 1. The third kappa shape index (κ3) is 5.19. The van der Waals surface area contributed by atoms with Gasteiger partial charge < -0.3 is 15.0 Å². The van der Waals surface area contributed by atoms with E-state index < -0.39 is 26.0 Å². The van der Waals surface area contributed by atoms with E-state index >= 15 is 0 Å².